The van der Waals surface area contributed by atoms with E-state index in [1.54, 1.807) is 11.9 Å². The van der Waals surface area contributed by atoms with Gasteiger partial charge in [-0.15, -0.1) is 0 Å². The Labute approximate surface area is 107 Å². The standard InChI is InChI=1S/C14H19NO3/c1-10-4-5-12(11(2)6-10)15(3)13(17)14(7-16)8-18-9-14/h4-6,16H,7-9H2,1-3H3. The van der Waals surface area contributed by atoms with Crippen molar-refractivity contribution in [3.63, 3.8) is 0 Å². The lowest BCUT2D eigenvalue weighted by molar-refractivity contribution is -0.166. The number of nitrogens with zero attached hydrogens (tertiary/aromatic N) is 1. The lowest BCUT2D eigenvalue weighted by Gasteiger charge is -2.40. The molecule has 98 valence electrons. The molecule has 1 amide bonds. The van der Waals surface area contributed by atoms with Crippen LogP contribution in [0.3, 0.4) is 0 Å². The number of aryl methyl sites for hydroxylation is 2. The van der Waals surface area contributed by atoms with Crippen LogP contribution in [0, 0.1) is 19.3 Å². The molecular weight excluding hydrogens is 230 g/mol. The molecule has 1 saturated heterocycles. The molecule has 0 aliphatic carbocycles. The first-order valence-electron chi connectivity index (χ1n) is 6.04. The number of anilines is 1. The van der Waals surface area contributed by atoms with Crippen molar-refractivity contribution in [2.75, 3.05) is 31.8 Å². The van der Waals surface area contributed by atoms with Gasteiger partial charge in [-0.05, 0) is 25.5 Å². The normalized spacial score (nSPS) is 17.1. The second kappa shape index (κ2) is 4.71. The van der Waals surface area contributed by atoms with Crippen LogP contribution in [0.5, 0.6) is 0 Å². The zero-order valence-corrected chi connectivity index (χ0v) is 11.1. The zero-order valence-electron chi connectivity index (χ0n) is 11.1. The van der Waals surface area contributed by atoms with Crippen molar-refractivity contribution in [2.24, 2.45) is 5.41 Å². The smallest absolute Gasteiger partial charge is 0.239 e. The van der Waals surface area contributed by atoms with Gasteiger partial charge in [0.15, 0.2) is 0 Å². The number of aliphatic hydroxyl groups excluding tert-OH is 1. The van der Waals surface area contributed by atoms with Gasteiger partial charge in [-0.25, -0.2) is 0 Å². The van der Waals surface area contributed by atoms with Crippen molar-refractivity contribution < 1.29 is 14.6 Å². The Kier molecular flexibility index (Phi) is 3.41. The maximum absolute atomic E-state index is 12.4. The summed E-state index contributed by atoms with van der Waals surface area (Å²) in [6.07, 6.45) is 0. The van der Waals surface area contributed by atoms with Crippen LogP contribution >= 0.6 is 0 Å². The number of amides is 1. The number of carbonyl (C=O) groups excluding carboxylic acids is 1. The molecule has 1 aliphatic heterocycles. The molecule has 0 atom stereocenters. The largest absolute Gasteiger partial charge is 0.395 e. The summed E-state index contributed by atoms with van der Waals surface area (Å²) in [5.74, 6) is -0.0804. The number of benzene rings is 1. The van der Waals surface area contributed by atoms with Gasteiger partial charge in [0.05, 0.1) is 19.8 Å². The maximum atomic E-state index is 12.4. The fourth-order valence-corrected chi connectivity index (χ4v) is 2.28. The Bertz CT molecular complexity index is 461. The van der Waals surface area contributed by atoms with E-state index in [4.69, 9.17) is 4.74 Å². The molecule has 0 radical (unpaired) electrons. The molecule has 0 saturated carbocycles. The van der Waals surface area contributed by atoms with Gasteiger partial charge in [0.25, 0.3) is 0 Å². The molecule has 1 aromatic rings. The van der Waals surface area contributed by atoms with Crippen molar-refractivity contribution in [3.8, 4) is 0 Å². The van der Waals surface area contributed by atoms with E-state index in [0.717, 1.165) is 11.3 Å². The summed E-state index contributed by atoms with van der Waals surface area (Å²) in [5.41, 5.74) is 2.36. The van der Waals surface area contributed by atoms with E-state index in [-0.39, 0.29) is 12.5 Å². The molecule has 18 heavy (non-hydrogen) atoms. The predicted octanol–water partition coefficient (Wildman–Crippen LogP) is 1.28. The van der Waals surface area contributed by atoms with Crippen LogP contribution in [0.25, 0.3) is 0 Å². The Balaban J connectivity index is 2.25. The van der Waals surface area contributed by atoms with Crippen molar-refractivity contribution in [1.29, 1.82) is 0 Å². The summed E-state index contributed by atoms with van der Waals surface area (Å²) < 4.78 is 5.08. The summed E-state index contributed by atoms with van der Waals surface area (Å²) in [6.45, 7) is 4.44. The third-order valence-corrected chi connectivity index (χ3v) is 3.53. The molecule has 1 heterocycles. The first-order valence-corrected chi connectivity index (χ1v) is 6.04. The molecule has 4 heteroatoms. The highest BCUT2D eigenvalue weighted by atomic mass is 16.5. The van der Waals surface area contributed by atoms with Gasteiger partial charge >= 0.3 is 0 Å². The molecule has 0 unspecified atom stereocenters. The summed E-state index contributed by atoms with van der Waals surface area (Å²) in [4.78, 5) is 14.0. The number of aliphatic hydroxyl groups is 1. The molecule has 1 fully saturated rings. The number of rotatable bonds is 3. The van der Waals surface area contributed by atoms with Gasteiger partial charge in [0, 0.05) is 12.7 Å². The average molecular weight is 249 g/mol. The lowest BCUT2D eigenvalue weighted by Crippen LogP contribution is -2.57. The number of hydrogen-bond donors (Lipinski definition) is 1. The summed E-state index contributed by atoms with van der Waals surface area (Å²) in [6, 6.07) is 5.96. The Morgan fingerprint density at radius 3 is 2.56 bits per heavy atom. The Morgan fingerprint density at radius 2 is 2.11 bits per heavy atom. The van der Waals surface area contributed by atoms with Crippen LogP contribution in [0.1, 0.15) is 11.1 Å². The first-order chi connectivity index (χ1) is 8.50. The first kappa shape index (κ1) is 13.1. The number of ether oxygens (including phenoxy) is 1. The number of carbonyl (C=O) groups is 1. The lowest BCUT2D eigenvalue weighted by atomic mass is 9.85. The highest BCUT2D eigenvalue weighted by Gasteiger charge is 2.47. The molecule has 0 bridgehead atoms. The monoisotopic (exact) mass is 249 g/mol. The fourth-order valence-electron chi connectivity index (χ4n) is 2.28. The van der Waals surface area contributed by atoms with Gasteiger partial charge in [0.1, 0.15) is 5.41 Å². The molecule has 0 spiro atoms. The van der Waals surface area contributed by atoms with E-state index in [0.29, 0.717) is 13.2 Å². The van der Waals surface area contributed by atoms with Crippen molar-refractivity contribution in [1.82, 2.24) is 0 Å². The fraction of sp³-hybridized carbons (Fsp3) is 0.500. The topological polar surface area (TPSA) is 49.8 Å². The Hall–Kier alpha value is -1.39. The molecule has 1 aromatic carbocycles. The molecule has 1 aliphatic rings. The van der Waals surface area contributed by atoms with Crippen LogP contribution < -0.4 is 4.90 Å². The molecular formula is C14H19NO3. The number of hydrogen-bond acceptors (Lipinski definition) is 3. The third kappa shape index (κ3) is 2.02. The minimum absolute atomic E-state index is 0.0804. The maximum Gasteiger partial charge on any atom is 0.239 e. The molecule has 4 nitrogen and oxygen atoms in total. The second-order valence-electron chi connectivity index (χ2n) is 5.09. The van der Waals surface area contributed by atoms with E-state index in [9.17, 15) is 9.90 Å². The summed E-state index contributed by atoms with van der Waals surface area (Å²) in [5, 5.41) is 9.39. The van der Waals surface area contributed by atoms with Gasteiger partial charge < -0.3 is 14.7 Å². The zero-order chi connectivity index (χ0) is 13.3. The minimum Gasteiger partial charge on any atom is -0.395 e. The van der Waals surface area contributed by atoms with Crippen molar-refractivity contribution in [2.45, 2.75) is 13.8 Å². The predicted molar refractivity (Wildman–Crippen MR) is 69.7 cm³/mol. The van der Waals surface area contributed by atoms with E-state index in [1.165, 1.54) is 5.56 Å². The van der Waals surface area contributed by atoms with Crippen LogP contribution in [0.2, 0.25) is 0 Å². The Morgan fingerprint density at radius 1 is 1.44 bits per heavy atom. The highest BCUT2D eigenvalue weighted by molar-refractivity contribution is 5.98. The quantitative estimate of drug-likeness (QED) is 0.877. The van der Waals surface area contributed by atoms with Crippen LogP contribution in [-0.4, -0.2) is 37.9 Å². The van der Waals surface area contributed by atoms with Crippen LogP contribution in [0.15, 0.2) is 18.2 Å². The van der Waals surface area contributed by atoms with E-state index < -0.39 is 5.41 Å². The van der Waals surface area contributed by atoms with E-state index >= 15 is 0 Å². The third-order valence-electron chi connectivity index (χ3n) is 3.53. The van der Waals surface area contributed by atoms with Gasteiger partial charge in [-0.2, -0.15) is 0 Å². The van der Waals surface area contributed by atoms with Crippen molar-refractivity contribution >= 4 is 11.6 Å². The van der Waals surface area contributed by atoms with Gasteiger partial charge in [0.2, 0.25) is 5.91 Å². The molecule has 0 aromatic heterocycles. The van der Waals surface area contributed by atoms with Gasteiger partial charge in [-0.1, -0.05) is 17.7 Å². The average Bonchev–Trinajstić information content (AvgIpc) is 2.27. The highest BCUT2D eigenvalue weighted by Crippen LogP contribution is 2.32. The van der Waals surface area contributed by atoms with Crippen LogP contribution in [0.4, 0.5) is 5.69 Å². The molecule has 2 rings (SSSR count). The van der Waals surface area contributed by atoms with Crippen molar-refractivity contribution in [3.05, 3.63) is 29.3 Å². The second-order valence-corrected chi connectivity index (χ2v) is 5.09. The minimum atomic E-state index is -0.744. The van der Waals surface area contributed by atoms with E-state index in [2.05, 4.69) is 0 Å². The van der Waals surface area contributed by atoms with Gasteiger partial charge in [-0.3, -0.25) is 4.79 Å². The summed E-state index contributed by atoms with van der Waals surface area (Å²) >= 11 is 0. The van der Waals surface area contributed by atoms with Crippen LogP contribution in [-0.2, 0) is 9.53 Å². The molecule has 1 N–H and O–H groups in total. The van der Waals surface area contributed by atoms with E-state index in [1.807, 2.05) is 32.0 Å². The summed E-state index contributed by atoms with van der Waals surface area (Å²) in [7, 11) is 1.75. The SMILES string of the molecule is Cc1ccc(N(C)C(=O)C2(CO)COC2)c(C)c1.